The average molecular weight is 291 g/mol. The van der Waals surface area contributed by atoms with E-state index in [0.717, 1.165) is 19.3 Å². The molecule has 0 radical (unpaired) electrons. The van der Waals surface area contributed by atoms with Crippen LogP contribution < -0.4 is 10.6 Å². The normalized spacial score (nSPS) is 20.5. The van der Waals surface area contributed by atoms with Crippen molar-refractivity contribution in [2.75, 3.05) is 11.9 Å². The summed E-state index contributed by atoms with van der Waals surface area (Å²) in [6.45, 7) is 4.74. The summed E-state index contributed by atoms with van der Waals surface area (Å²) in [5.41, 5.74) is 0.382. The van der Waals surface area contributed by atoms with Crippen molar-refractivity contribution in [2.24, 2.45) is 5.92 Å². The summed E-state index contributed by atoms with van der Waals surface area (Å²) in [5.74, 6) is 0.251. The molecule has 0 unspecified atom stereocenters. The van der Waals surface area contributed by atoms with Gasteiger partial charge >= 0.3 is 5.69 Å². The molecule has 0 saturated heterocycles. The van der Waals surface area contributed by atoms with E-state index < -0.39 is 4.92 Å². The Morgan fingerprint density at radius 1 is 1.43 bits per heavy atom. The van der Waals surface area contributed by atoms with Crippen LogP contribution in [0, 0.1) is 16.0 Å². The lowest BCUT2D eigenvalue weighted by molar-refractivity contribution is -0.384. The van der Waals surface area contributed by atoms with Gasteiger partial charge in [0.2, 0.25) is 0 Å². The van der Waals surface area contributed by atoms with Crippen LogP contribution >= 0.6 is 0 Å². The standard InChI is InChI=1S/C15H21N3O3/c1-3-7-16-13-6-4-5-12(14(13)18(20)21)15(19)17-11-8-10(2)9-11/h4-6,10-11,16H,3,7-9H2,1-2H3,(H,17,19). The number of benzene rings is 1. The number of carbonyl (C=O) groups is 1. The quantitative estimate of drug-likeness (QED) is 0.623. The smallest absolute Gasteiger partial charge is 0.305 e. The summed E-state index contributed by atoms with van der Waals surface area (Å²) in [7, 11) is 0. The highest BCUT2D eigenvalue weighted by Gasteiger charge is 2.30. The van der Waals surface area contributed by atoms with Crippen LogP contribution in [0.15, 0.2) is 18.2 Å². The number of hydrogen-bond donors (Lipinski definition) is 2. The molecule has 0 aliphatic heterocycles. The van der Waals surface area contributed by atoms with Crippen molar-refractivity contribution in [1.82, 2.24) is 5.32 Å². The van der Waals surface area contributed by atoms with Gasteiger partial charge in [-0.2, -0.15) is 0 Å². The second kappa shape index (κ2) is 6.56. The van der Waals surface area contributed by atoms with Crippen LogP contribution in [0.5, 0.6) is 0 Å². The first kappa shape index (κ1) is 15.3. The van der Waals surface area contributed by atoms with E-state index in [9.17, 15) is 14.9 Å². The Bertz CT molecular complexity index is 539. The minimum absolute atomic E-state index is 0.126. The minimum atomic E-state index is -0.490. The van der Waals surface area contributed by atoms with Crippen LogP contribution in [0.4, 0.5) is 11.4 Å². The molecule has 0 aromatic heterocycles. The molecular weight excluding hydrogens is 270 g/mol. The van der Waals surface area contributed by atoms with Crippen LogP contribution in [0.2, 0.25) is 0 Å². The van der Waals surface area contributed by atoms with Crippen LogP contribution in [0.25, 0.3) is 0 Å². The molecule has 6 nitrogen and oxygen atoms in total. The van der Waals surface area contributed by atoms with Gasteiger partial charge < -0.3 is 10.6 Å². The van der Waals surface area contributed by atoms with E-state index in [0.29, 0.717) is 18.2 Å². The molecule has 0 bridgehead atoms. The Balaban J connectivity index is 2.20. The van der Waals surface area contributed by atoms with Crippen molar-refractivity contribution in [1.29, 1.82) is 0 Å². The molecule has 1 aliphatic rings. The maximum Gasteiger partial charge on any atom is 0.305 e. The molecule has 0 heterocycles. The minimum Gasteiger partial charge on any atom is -0.379 e. The van der Waals surface area contributed by atoms with Crippen LogP contribution in [0.3, 0.4) is 0 Å². The first-order chi connectivity index (χ1) is 10.0. The van der Waals surface area contributed by atoms with Crippen molar-refractivity contribution in [3.63, 3.8) is 0 Å². The third-order valence-corrected chi connectivity index (χ3v) is 3.74. The van der Waals surface area contributed by atoms with Crippen molar-refractivity contribution >= 4 is 17.3 Å². The number of amides is 1. The molecule has 1 fully saturated rings. The van der Waals surface area contributed by atoms with Gasteiger partial charge in [-0.3, -0.25) is 14.9 Å². The highest BCUT2D eigenvalue weighted by atomic mass is 16.6. The van der Waals surface area contributed by atoms with Gasteiger partial charge in [0.1, 0.15) is 11.3 Å². The van der Waals surface area contributed by atoms with Gasteiger partial charge in [-0.25, -0.2) is 0 Å². The van der Waals surface area contributed by atoms with E-state index in [1.165, 1.54) is 6.07 Å². The van der Waals surface area contributed by atoms with E-state index in [4.69, 9.17) is 0 Å². The maximum atomic E-state index is 12.3. The number of nitrogens with one attached hydrogen (secondary N) is 2. The Hall–Kier alpha value is -2.11. The first-order valence-electron chi connectivity index (χ1n) is 7.35. The second-order valence-corrected chi connectivity index (χ2v) is 5.63. The van der Waals surface area contributed by atoms with Crippen molar-refractivity contribution in [3.05, 3.63) is 33.9 Å². The molecule has 21 heavy (non-hydrogen) atoms. The molecule has 2 rings (SSSR count). The number of rotatable bonds is 6. The average Bonchev–Trinajstić information content (AvgIpc) is 2.42. The fourth-order valence-electron chi connectivity index (χ4n) is 2.61. The van der Waals surface area contributed by atoms with Crippen LogP contribution in [0.1, 0.15) is 43.5 Å². The highest BCUT2D eigenvalue weighted by Crippen LogP contribution is 2.30. The van der Waals surface area contributed by atoms with Gasteiger partial charge in [-0.15, -0.1) is 0 Å². The first-order valence-corrected chi connectivity index (χ1v) is 7.35. The zero-order chi connectivity index (χ0) is 15.4. The number of hydrogen-bond acceptors (Lipinski definition) is 4. The zero-order valence-corrected chi connectivity index (χ0v) is 12.4. The molecule has 114 valence electrons. The summed E-state index contributed by atoms with van der Waals surface area (Å²) in [6.07, 6.45) is 2.73. The largest absolute Gasteiger partial charge is 0.379 e. The summed E-state index contributed by atoms with van der Waals surface area (Å²) >= 11 is 0. The predicted molar refractivity (Wildman–Crippen MR) is 81.5 cm³/mol. The number of anilines is 1. The fraction of sp³-hybridized carbons (Fsp3) is 0.533. The Kier molecular flexibility index (Phi) is 4.77. The monoisotopic (exact) mass is 291 g/mol. The Morgan fingerprint density at radius 3 is 2.71 bits per heavy atom. The van der Waals surface area contributed by atoms with E-state index in [1.54, 1.807) is 12.1 Å². The van der Waals surface area contributed by atoms with Gasteiger partial charge in [-0.1, -0.05) is 19.9 Å². The van der Waals surface area contributed by atoms with Crippen molar-refractivity contribution in [2.45, 2.75) is 39.2 Å². The van der Waals surface area contributed by atoms with Crippen LogP contribution in [-0.4, -0.2) is 23.4 Å². The number of nitrogens with zero attached hydrogens (tertiary/aromatic N) is 1. The van der Waals surface area contributed by atoms with Crippen LogP contribution in [-0.2, 0) is 0 Å². The molecule has 0 atom stereocenters. The number of para-hydroxylation sites is 1. The Morgan fingerprint density at radius 2 is 2.14 bits per heavy atom. The summed E-state index contributed by atoms with van der Waals surface area (Å²) in [5, 5.41) is 17.2. The number of carbonyl (C=O) groups excluding carboxylic acids is 1. The molecule has 1 aromatic carbocycles. The molecule has 1 amide bonds. The molecule has 1 saturated carbocycles. The van der Waals surface area contributed by atoms with Gasteiger partial charge in [0.25, 0.3) is 5.91 Å². The molecular formula is C15H21N3O3. The fourth-order valence-corrected chi connectivity index (χ4v) is 2.61. The van der Waals surface area contributed by atoms with Gasteiger partial charge in [0.05, 0.1) is 4.92 Å². The Labute approximate surface area is 124 Å². The summed E-state index contributed by atoms with van der Waals surface area (Å²) < 4.78 is 0. The third kappa shape index (κ3) is 3.51. The summed E-state index contributed by atoms with van der Waals surface area (Å²) in [6, 6.07) is 4.95. The molecule has 2 N–H and O–H groups in total. The molecule has 6 heteroatoms. The third-order valence-electron chi connectivity index (χ3n) is 3.74. The predicted octanol–water partition coefficient (Wildman–Crippen LogP) is 2.95. The van der Waals surface area contributed by atoms with Crippen molar-refractivity contribution < 1.29 is 9.72 Å². The zero-order valence-electron chi connectivity index (χ0n) is 12.4. The van der Waals surface area contributed by atoms with Gasteiger partial charge in [0.15, 0.2) is 0 Å². The van der Waals surface area contributed by atoms with E-state index in [2.05, 4.69) is 17.6 Å². The van der Waals surface area contributed by atoms with E-state index in [1.807, 2.05) is 6.92 Å². The highest BCUT2D eigenvalue weighted by molar-refractivity contribution is 6.00. The lowest BCUT2D eigenvalue weighted by atomic mass is 9.82. The number of nitro benzene ring substituents is 1. The molecule has 0 spiro atoms. The topological polar surface area (TPSA) is 84.3 Å². The van der Waals surface area contributed by atoms with E-state index >= 15 is 0 Å². The lowest BCUT2D eigenvalue weighted by Gasteiger charge is -2.33. The molecule has 1 aliphatic carbocycles. The second-order valence-electron chi connectivity index (χ2n) is 5.63. The van der Waals surface area contributed by atoms with Gasteiger partial charge in [-0.05, 0) is 37.3 Å². The van der Waals surface area contributed by atoms with Gasteiger partial charge in [0, 0.05) is 12.6 Å². The molecule has 1 aromatic rings. The summed E-state index contributed by atoms with van der Waals surface area (Å²) in [4.78, 5) is 23.1. The van der Waals surface area contributed by atoms with E-state index in [-0.39, 0.29) is 23.2 Å². The number of nitro groups is 1. The SMILES string of the molecule is CCCNc1cccc(C(=O)NC2CC(C)C2)c1[N+](=O)[O-]. The maximum absolute atomic E-state index is 12.3. The van der Waals surface area contributed by atoms with Crippen molar-refractivity contribution in [3.8, 4) is 0 Å². The lowest BCUT2D eigenvalue weighted by Crippen LogP contribution is -2.43.